The molecule has 0 bridgehead atoms. The Kier molecular flexibility index (Phi) is 5.26. The Bertz CT molecular complexity index is 674. The highest BCUT2D eigenvalue weighted by Gasteiger charge is 2.20. The highest BCUT2D eigenvalue weighted by atomic mass is 16.5. The molecule has 1 N–H and O–H groups in total. The molecule has 6 nitrogen and oxygen atoms in total. The summed E-state index contributed by atoms with van der Waals surface area (Å²) in [6.07, 6.45) is 0. The second-order valence-electron chi connectivity index (χ2n) is 5.24. The predicted molar refractivity (Wildman–Crippen MR) is 86.0 cm³/mol. The van der Waals surface area contributed by atoms with Crippen LogP contribution < -0.4 is 14.8 Å². The number of nitrogens with one attached hydrogen (secondary N) is 1. The van der Waals surface area contributed by atoms with Crippen LogP contribution in [0, 0.1) is 13.8 Å². The summed E-state index contributed by atoms with van der Waals surface area (Å²) in [4.78, 5) is 12.4. The average Bonchev–Trinajstić information content (AvgIpc) is 2.86. The normalized spacial score (nSPS) is 11.9. The molecule has 1 aromatic heterocycles. The second-order valence-corrected chi connectivity index (χ2v) is 5.24. The summed E-state index contributed by atoms with van der Waals surface area (Å²) in [5, 5.41) is 6.75. The van der Waals surface area contributed by atoms with E-state index >= 15 is 0 Å². The molecule has 2 rings (SSSR count). The molecule has 0 unspecified atom stereocenters. The fourth-order valence-corrected chi connectivity index (χ4v) is 2.39. The van der Waals surface area contributed by atoms with E-state index in [0.29, 0.717) is 35.1 Å². The number of ether oxygens (including phenoxy) is 2. The highest BCUT2D eigenvalue weighted by molar-refractivity contribution is 5.96. The summed E-state index contributed by atoms with van der Waals surface area (Å²) < 4.78 is 15.9. The summed E-state index contributed by atoms with van der Waals surface area (Å²) in [7, 11) is 1.59. The molecule has 0 saturated carbocycles. The lowest BCUT2D eigenvalue weighted by atomic mass is 10.1. The van der Waals surface area contributed by atoms with Crippen molar-refractivity contribution < 1.29 is 18.8 Å². The fraction of sp³-hybridized carbons (Fsp3) is 0.412. The van der Waals surface area contributed by atoms with Gasteiger partial charge in [-0.1, -0.05) is 11.2 Å². The first-order valence-electron chi connectivity index (χ1n) is 7.52. The van der Waals surface area contributed by atoms with Crippen LogP contribution in [0.2, 0.25) is 0 Å². The minimum absolute atomic E-state index is 0.194. The molecule has 0 aliphatic rings. The van der Waals surface area contributed by atoms with Crippen molar-refractivity contribution >= 4 is 5.91 Å². The van der Waals surface area contributed by atoms with Crippen LogP contribution in [0.3, 0.4) is 0 Å². The van der Waals surface area contributed by atoms with Gasteiger partial charge in [0.05, 0.1) is 25.5 Å². The van der Waals surface area contributed by atoms with Crippen LogP contribution >= 0.6 is 0 Å². The van der Waals surface area contributed by atoms with Gasteiger partial charge in [0.25, 0.3) is 5.91 Å². The number of hydrogen-bond donors (Lipinski definition) is 1. The third-order valence-electron chi connectivity index (χ3n) is 3.60. The van der Waals surface area contributed by atoms with Crippen LogP contribution in [0.1, 0.15) is 47.3 Å². The van der Waals surface area contributed by atoms with Crippen LogP contribution in [-0.4, -0.2) is 24.8 Å². The van der Waals surface area contributed by atoms with Gasteiger partial charge in [-0.3, -0.25) is 4.79 Å². The molecule has 23 heavy (non-hydrogen) atoms. The van der Waals surface area contributed by atoms with Gasteiger partial charge in [0, 0.05) is 0 Å². The van der Waals surface area contributed by atoms with Crippen molar-refractivity contribution in [3.8, 4) is 11.5 Å². The quantitative estimate of drug-likeness (QED) is 0.885. The smallest absolute Gasteiger partial charge is 0.257 e. The van der Waals surface area contributed by atoms with Crippen molar-refractivity contribution in [3.63, 3.8) is 0 Å². The maximum atomic E-state index is 12.4. The Hall–Kier alpha value is -2.50. The molecule has 1 amide bonds. The predicted octanol–water partition coefficient (Wildman–Crippen LogP) is 3.19. The third kappa shape index (κ3) is 3.64. The zero-order chi connectivity index (χ0) is 17.0. The second kappa shape index (κ2) is 7.17. The molecule has 0 aliphatic carbocycles. The Labute approximate surface area is 135 Å². The van der Waals surface area contributed by atoms with Crippen LogP contribution in [0.15, 0.2) is 22.7 Å². The minimum atomic E-state index is -0.207. The zero-order valence-electron chi connectivity index (χ0n) is 14.1. The van der Waals surface area contributed by atoms with E-state index in [2.05, 4.69) is 10.5 Å². The molecule has 0 radical (unpaired) electrons. The molecule has 124 valence electrons. The van der Waals surface area contributed by atoms with Crippen LogP contribution in [0.4, 0.5) is 0 Å². The van der Waals surface area contributed by atoms with Gasteiger partial charge in [-0.15, -0.1) is 0 Å². The van der Waals surface area contributed by atoms with E-state index in [4.69, 9.17) is 14.0 Å². The summed E-state index contributed by atoms with van der Waals surface area (Å²) in [5.74, 6) is 1.63. The summed E-state index contributed by atoms with van der Waals surface area (Å²) in [6, 6.07) is 5.42. The molecule has 0 saturated heterocycles. The van der Waals surface area contributed by atoms with Crippen molar-refractivity contribution in [3.05, 3.63) is 40.8 Å². The summed E-state index contributed by atoms with van der Waals surface area (Å²) >= 11 is 0. The number of benzene rings is 1. The van der Waals surface area contributed by atoms with Crippen molar-refractivity contribution in [2.75, 3.05) is 13.7 Å². The average molecular weight is 318 g/mol. The Morgan fingerprint density at radius 2 is 2.09 bits per heavy atom. The zero-order valence-corrected chi connectivity index (χ0v) is 14.1. The van der Waals surface area contributed by atoms with E-state index in [-0.39, 0.29) is 11.9 Å². The van der Waals surface area contributed by atoms with Gasteiger partial charge in [-0.2, -0.15) is 0 Å². The maximum Gasteiger partial charge on any atom is 0.257 e. The van der Waals surface area contributed by atoms with Gasteiger partial charge in [-0.25, -0.2) is 0 Å². The number of hydrogen-bond acceptors (Lipinski definition) is 5. The number of nitrogens with zero attached hydrogens (tertiary/aromatic N) is 1. The molecular formula is C17H22N2O4. The van der Waals surface area contributed by atoms with Crippen molar-refractivity contribution in [1.82, 2.24) is 10.5 Å². The van der Waals surface area contributed by atoms with Crippen molar-refractivity contribution in [2.45, 2.75) is 33.7 Å². The van der Waals surface area contributed by atoms with Gasteiger partial charge in [0.15, 0.2) is 11.5 Å². The SMILES string of the molecule is CCOc1ccc([C@@H](C)NC(=O)c2c(C)noc2C)cc1OC. The Morgan fingerprint density at radius 3 is 2.65 bits per heavy atom. The van der Waals surface area contributed by atoms with Gasteiger partial charge in [0.2, 0.25) is 0 Å². The van der Waals surface area contributed by atoms with Crippen molar-refractivity contribution in [1.29, 1.82) is 0 Å². The van der Waals surface area contributed by atoms with E-state index in [1.165, 1.54) is 0 Å². The molecule has 0 fully saturated rings. The van der Waals surface area contributed by atoms with Crippen LogP contribution in [0.25, 0.3) is 0 Å². The maximum absolute atomic E-state index is 12.4. The van der Waals surface area contributed by atoms with Crippen molar-refractivity contribution in [2.24, 2.45) is 0 Å². The first kappa shape index (κ1) is 16.9. The minimum Gasteiger partial charge on any atom is -0.493 e. The molecule has 1 heterocycles. The Balaban J connectivity index is 2.17. The topological polar surface area (TPSA) is 73.6 Å². The first-order valence-corrected chi connectivity index (χ1v) is 7.52. The number of carbonyl (C=O) groups is 1. The molecule has 1 aromatic carbocycles. The first-order chi connectivity index (χ1) is 11.0. The fourth-order valence-electron chi connectivity index (χ4n) is 2.39. The lowest BCUT2D eigenvalue weighted by molar-refractivity contribution is 0.0938. The van der Waals surface area contributed by atoms with E-state index in [9.17, 15) is 4.79 Å². The van der Waals surface area contributed by atoms with E-state index in [0.717, 1.165) is 5.56 Å². The van der Waals surface area contributed by atoms with E-state index < -0.39 is 0 Å². The molecule has 1 atom stereocenters. The summed E-state index contributed by atoms with van der Waals surface area (Å²) in [5.41, 5.74) is 1.98. The number of amides is 1. The molecular weight excluding hydrogens is 296 g/mol. The number of carbonyl (C=O) groups excluding carboxylic acids is 1. The number of methoxy groups -OCH3 is 1. The lowest BCUT2D eigenvalue weighted by Crippen LogP contribution is -2.27. The molecule has 6 heteroatoms. The van der Waals surface area contributed by atoms with E-state index in [1.54, 1.807) is 21.0 Å². The standard InChI is InChI=1S/C17H22N2O4/c1-6-22-14-8-7-13(9-15(14)21-5)10(2)18-17(20)16-11(3)19-23-12(16)4/h7-10H,6H2,1-5H3,(H,18,20)/t10-/m1/s1. The van der Waals surface area contributed by atoms with Gasteiger partial charge in [0.1, 0.15) is 11.3 Å². The molecule has 0 spiro atoms. The summed E-state index contributed by atoms with van der Waals surface area (Å²) in [6.45, 7) is 7.86. The molecule has 0 aliphatic heterocycles. The molecule has 2 aromatic rings. The monoisotopic (exact) mass is 318 g/mol. The lowest BCUT2D eigenvalue weighted by Gasteiger charge is -2.17. The van der Waals surface area contributed by atoms with Gasteiger partial charge < -0.3 is 19.3 Å². The largest absolute Gasteiger partial charge is 0.493 e. The highest BCUT2D eigenvalue weighted by Crippen LogP contribution is 2.30. The number of rotatable bonds is 6. The van der Waals surface area contributed by atoms with Gasteiger partial charge >= 0.3 is 0 Å². The third-order valence-corrected chi connectivity index (χ3v) is 3.60. The van der Waals surface area contributed by atoms with Crippen LogP contribution in [0.5, 0.6) is 11.5 Å². The Morgan fingerprint density at radius 1 is 1.35 bits per heavy atom. The van der Waals surface area contributed by atoms with Gasteiger partial charge in [-0.05, 0) is 45.4 Å². The van der Waals surface area contributed by atoms with Crippen LogP contribution in [-0.2, 0) is 0 Å². The number of aromatic nitrogens is 1. The van der Waals surface area contributed by atoms with E-state index in [1.807, 2.05) is 32.0 Å². The number of aryl methyl sites for hydroxylation is 2.